The van der Waals surface area contributed by atoms with E-state index in [0.717, 1.165) is 34.5 Å². The third kappa shape index (κ3) is 4.39. The van der Waals surface area contributed by atoms with Gasteiger partial charge in [-0.1, -0.05) is 0 Å². The zero-order chi connectivity index (χ0) is 18.0. The van der Waals surface area contributed by atoms with Crippen molar-refractivity contribution in [1.29, 1.82) is 0 Å². The van der Waals surface area contributed by atoms with Gasteiger partial charge in [0, 0.05) is 37.0 Å². The smallest absolute Gasteiger partial charge is 0.410 e. The first kappa shape index (κ1) is 17.9. The Morgan fingerprint density at radius 1 is 1.28 bits per heavy atom. The summed E-state index contributed by atoms with van der Waals surface area (Å²) in [6.07, 6.45) is 5.03. The van der Waals surface area contributed by atoms with Crippen LogP contribution in [0.15, 0.2) is 29.1 Å². The Hall–Kier alpha value is -1.89. The van der Waals surface area contributed by atoms with Gasteiger partial charge < -0.3 is 14.6 Å². The number of imidazole rings is 1. The second-order valence-electron chi connectivity index (χ2n) is 7.26. The molecule has 2 aromatic heterocycles. The highest BCUT2D eigenvalue weighted by molar-refractivity contribution is 9.10. The van der Waals surface area contributed by atoms with Gasteiger partial charge in [0.1, 0.15) is 21.7 Å². The van der Waals surface area contributed by atoms with Crippen LogP contribution in [-0.4, -0.2) is 44.6 Å². The normalized spacial score (nSPS) is 16.1. The molecule has 6 nitrogen and oxygen atoms in total. The number of H-pyrrole nitrogens is 1. The van der Waals surface area contributed by atoms with Gasteiger partial charge in [-0.25, -0.2) is 9.78 Å². The Morgan fingerprint density at radius 3 is 2.52 bits per heavy atom. The van der Waals surface area contributed by atoms with E-state index in [1.165, 1.54) is 0 Å². The highest BCUT2D eigenvalue weighted by Crippen LogP contribution is 2.32. The lowest BCUT2D eigenvalue weighted by Gasteiger charge is -2.32. The lowest BCUT2D eigenvalue weighted by Crippen LogP contribution is -2.41. The van der Waals surface area contributed by atoms with Crippen LogP contribution in [0.5, 0.6) is 0 Å². The molecule has 0 unspecified atom stereocenters. The summed E-state index contributed by atoms with van der Waals surface area (Å²) in [7, 11) is 0. The highest BCUT2D eigenvalue weighted by atomic mass is 79.9. The summed E-state index contributed by atoms with van der Waals surface area (Å²) >= 11 is 3.57. The third-order valence-electron chi connectivity index (χ3n) is 4.17. The van der Waals surface area contributed by atoms with E-state index in [0.29, 0.717) is 19.0 Å². The molecule has 134 valence electrons. The second-order valence-corrected chi connectivity index (χ2v) is 8.06. The largest absolute Gasteiger partial charge is 0.444 e. The van der Waals surface area contributed by atoms with E-state index < -0.39 is 5.60 Å². The maximum atomic E-state index is 12.2. The minimum Gasteiger partial charge on any atom is -0.444 e. The Bertz CT molecular complexity index is 731. The molecule has 25 heavy (non-hydrogen) atoms. The summed E-state index contributed by atoms with van der Waals surface area (Å²) in [6.45, 7) is 7.03. The Morgan fingerprint density at radius 2 is 1.92 bits per heavy atom. The lowest BCUT2D eigenvalue weighted by molar-refractivity contribution is 0.0203. The SMILES string of the molecule is CC(C)(C)OC(=O)N1CCC(c2nc(-c3ccncc3)c(Br)[nH]2)CC1. The van der Waals surface area contributed by atoms with E-state index in [4.69, 9.17) is 9.72 Å². The molecule has 1 saturated heterocycles. The molecular formula is C18H23BrN4O2. The summed E-state index contributed by atoms with van der Waals surface area (Å²) in [6, 6.07) is 3.88. The number of aromatic amines is 1. The summed E-state index contributed by atoms with van der Waals surface area (Å²) < 4.78 is 6.33. The van der Waals surface area contributed by atoms with E-state index in [1.807, 2.05) is 32.9 Å². The summed E-state index contributed by atoms with van der Waals surface area (Å²) in [5.41, 5.74) is 1.46. The van der Waals surface area contributed by atoms with Crippen LogP contribution in [0.2, 0.25) is 0 Å². The first-order valence-electron chi connectivity index (χ1n) is 8.47. The van der Waals surface area contributed by atoms with E-state index in [9.17, 15) is 4.79 Å². The second kappa shape index (κ2) is 7.15. The van der Waals surface area contributed by atoms with E-state index in [-0.39, 0.29) is 6.09 Å². The summed E-state index contributed by atoms with van der Waals surface area (Å²) in [5.74, 6) is 1.27. The number of carbonyl (C=O) groups is 1. The van der Waals surface area contributed by atoms with Crippen LogP contribution < -0.4 is 0 Å². The molecule has 0 spiro atoms. The molecule has 0 atom stereocenters. The molecule has 1 aliphatic heterocycles. The van der Waals surface area contributed by atoms with Crippen LogP contribution in [0.4, 0.5) is 4.79 Å². The number of hydrogen-bond donors (Lipinski definition) is 1. The van der Waals surface area contributed by atoms with Crippen molar-refractivity contribution >= 4 is 22.0 Å². The van der Waals surface area contributed by atoms with Crippen molar-refractivity contribution in [3.8, 4) is 11.3 Å². The van der Waals surface area contributed by atoms with Crippen molar-refractivity contribution < 1.29 is 9.53 Å². The van der Waals surface area contributed by atoms with Gasteiger partial charge in [0.15, 0.2) is 0 Å². The summed E-state index contributed by atoms with van der Waals surface area (Å²) in [5, 5.41) is 0. The number of piperidine rings is 1. The molecule has 3 rings (SSSR count). The number of aromatic nitrogens is 3. The zero-order valence-electron chi connectivity index (χ0n) is 14.8. The molecule has 7 heteroatoms. The minimum absolute atomic E-state index is 0.232. The number of amides is 1. The van der Waals surface area contributed by atoms with Gasteiger partial charge in [0.25, 0.3) is 0 Å². The molecule has 0 aliphatic carbocycles. The van der Waals surface area contributed by atoms with Crippen LogP contribution in [0, 0.1) is 0 Å². The third-order valence-corrected chi connectivity index (χ3v) is 4.74. The van der Waals surface area contributed by atoms with E-state index in [2.05, 4.69) is 25.9 Å². The molecule has 1 amide bonds. The fourth-order valence-electron chi connectivity index (χ4n) is 2.93. The number of halogens is 1. The van der Waals surface area contributed by atoms with Crippen molar-refractivity contribution in [3.63, 3.8) is 0 Å². The molecule has 3 heterocycles. The topological polar surface area (TPSA) is 71.1 Å². The number of nitrogens with zero attached hydrogens (tertiary/aromatic N) is 3. The lowest BCUT2D eigenvalue weighted by atomic mass is 9.96. The molecule has 0 radical (unpaired) electrons. The first-order valence-corrected chi connectivity index (χ1v) is 9.26. The Kier molecular flexibility index (Phi) is 5.13. The van der Waals surface area contributed by atoms with Gasteiger partial charge in [-0.2, -0.15) is 0 Å². The molecule has 1 N–H and O–H groups in total. The van der Waals surface area contributed by atoms with Crippen molar-refractivity contribution in [2.24, 2.45) is 0 Å². The molecule has 2 aromatic rings. The van der Waals surface area contributed by atoms with Gasteiger partial charge >= 0.3 is 6.09 Å². The van der Waals surface area contributed by atoms with Crippen molar-refractivity contribution in [2.75, 3.05) is 13.1 Å². The van der Waals surface area contributed by atoms with E-state index >= 15 is 0 Å². The van der Waals surface area contributed by atoms with Gasteiger partial charge in [-0.05, 0) is 61.7 Å². The average molecular weight is 407 g/mol. The van der Waals surface area contributed by atoms with Gasteiger partial charge in [0.2, 0.25) is 0 Å². The number of nitrogens with one attached hydrogen (secondary N) is 1. The first-order chi connectivity index (χ1) is 11.8. The van der Waals surface area contributed by atoms with Crippen LogP contribution in [-0.2, 0) is 4.74 Å². The minimum atomic E-state index is -0.459. The average Bonchev–Trinajstić information content (AvgIpc) is 2.96. The number of likely N-dealkylation sites (tertiary alicyclic amines) is 1. The molecule has 1 fully saturated rings. The zero-order valence-corrected chi connectivity index (χ0v) is 16.3. The molecule has 0 saturated carbocycles. The predicted molar refractivity (Wildman–Crippen MR) is 99.3 cm³/mol. The standard InChI is InChI=1S/C18H23BrN4O2/c1-18(2,3)25-17(24)23-10-6-13(7-11-23)16-21-14(15(19)22-16)12-4-8-20-9-5-12/h4-5,8-9,13H,6-7,10-11H2,1-3H3,(H,21,22). The quantitative estimate of drug-likeness (QED) is 0.804. The van der Waals surface area contributed by atoms with Crippen LogP contribution >= 0.6 is 15.9 Å². The van der Waals surface area contributed by atoms with Crippen LogP contribution in [0.3, 0.4) is 0 Å². The number of carbonyl (C=O) groups excluding carboxylic acids is 1. The van der Waals surface area contributed by atoms with Gasteiger partial charge in [-0.15, -0.1) is 0 Å². The van der Waals surface area contributed by atoms with Crippen LogP contribution in [0.1, 0.15) is 45.4 Å². The number of pyridine rings is 1. The fraction of sp³-hybridized carbons (Fsp3) is 0.500. The van der Waals surface area contributed by atoms with Gasteiger partial charge in [-0.3, -0.25) is 4.98 Å². The molecule has 1 aliphatic rings. The highest BCUT2D eigenvalue weighted by Gasteiger charge is 2.29. The summed E-state index contributed by atoms with van der Waals surface area (Å²) in [4.78, 5) is 26.1. The molecule has 0 bridgehead atoms. The number of ether oxygens (including phenoxy) is 1. The van der Waals surface area contributed by atoms with Crippen molar-refractivity contribution in [3.05, 3.63) is 35.0 Å². The fourth-order valence-corrected chi connectivity index (χ4v) is 3.45. The van der Waals surface area contributed by atoms with Crippen molar-refractivity contribution in [1.82, 2.24) is 19.9 Å². The number of rotatable bonds is 2. The van der Waals surface area contributed by atoms with Gasteiger partial charge in [0.05, 0.1) is 0 Å². The van der Waals surface area contributed by atoms with Crippen molar-refractivity contribution in [2.45, 2.75) is 45.1 Å². The van der Waals surface area contributed by atoms with Crippen LogP contribution in [0.25, 0.3) is 11.3 Å². The maximum Gasteiger partial charge on any atom is 0.410 e. The molecular weight excluding hydrogens is 384 g/mol. The molecule has 0 aromatic carbocycles. The number of hydrogen-bond acceptors (Lipinski definition) is 4. The maximum absolute atomic E-state index is 12.2. The Labute approximate surface area is 156 Å². The predicted octanol–water partition coefficient (Wildman–Crippen LogP) is 4.35. The monoisotopic (exact) mass is 406 g/mol. The van der Waals surface area contributed by atoms with E-state index in [1.54, 1.807) is 17.3 Å². The Balaban J connectivity index is 1.65.